The summed E-state index contributed by atoms with van der Waals surface area (Å²) in [5.74, 6) is -3.07. The van der Waals surface area contributed by atoms with Crippen LogP contribution in [0, 0.1) is 0 Å². The van der Waals surface area contributed by atoms with E-state index >= 15 is 0 Å². The average molecular weight is 700 g/mol. The molecule has 46 heavy (non-hydrogen) atoms. The zero-order valence-electron chi connectivity index (χ0n) is 27.1. The van der Waals surface area contributed by atoms with Crippen molar-refractivity contribution in [2.75, 3.05) is 33.0 Å². The minimum atomic E-state index is -4.15. The Hall–Kier alpha value is -2.72. The molecule has 5 atom stereocenters. The van der Waals surface area contributed by atoms with E-state index in [0.29, 0.717) is 0 Å². The van der Waals surface area contributed by atoms with Gasteiger partial charge in [-0.2, -0.15) is 0 Å². The van der Waals surface area contributed by atoms with Gasteiger partial charge < -0.3 is 41.8 Å². The van der Waals surface area contributed by atoms with Crippen molar-refractivity contribution in [2.45, 2.75) is 97.9 Å². The minimum absolute atomic E-state index is 0.0382. The third-order valence-electron chi connectivity index (χ3n) is 6.14. The fourth-order valence-corrected chi connectivity index (χ4v) is 9.96. The van der Waals surface area contributed by atoms with Crippen molar-refractivity contribution < 1.29 is 70.1 Å². The van der Waals surface area contributed by atoms with Crippen molar-refractivity contribution in [2.24, 2.45) is 0 Å². The van der Waals surface area contributed by atoms with Gasteiger partial charge in [0.05, 0.1) is 38.3 Å². The predicted molar refractivity (Wildman–Crippen MR) is 156 cm³/mol. The van der Waals surface area contributed by atoms with Gasteiger partial charge in [-0.05, 0) is 27.7 Å². The number of aromatic nitrogens is 3. The summed E-state index contributed by atoms with van der Waals surface area (Å²) < 4.78 is 78.7. The molecule has 18 nitrogen and oxygen atoms in total. The molecule has 1 aliphatic rings. The second kappa shape index (κ2) is 18.0. The normalized spacial score (nSPS) is 21.9. The van der Waals surface area contributed by atoms with Crippen LogP contribution in [-0.4, -0.2) is 102 Å². The van der Waals surface area contributed by atoms with Crippen LogP contribution in [0.3, 0.4) is 0 Å². The summed E-state index contributed by atoms with van der Waals surface area (Å²) in [6.45, 7) is 10.2. The van der Waals surface area contributed by atoms with Crippen molar-refractivity contribution in [1.82, 2.24) is 15.0 Å². The molecule has 1 saturated heterocycles. The van der Waals surface area contributed by atoms with Gasteiger partial charge in [-0.3, -0.25) is 28.3 Å². The van der Waals surface area contributed by atoms with Gasteiger partial charge in [-0.15, -0.1) is 5.10 Å². The van der Waals surface area contributed by atoms with Gasteiger partial charge in [-0.25, -0.2) is 4.68 Å². The van der Waals surface area contributed by atoms with Gasteiger partial charge in [0.25, 0.3) is 0 Å². The Labute approximate surface area is 267 Å². The van der Waals surface area contributed by atoms with Gasteiger partial charge >= 0.3 is 39.1 Å². The molecule has 1 aromatic rings. The Morgan fingerprint density at radius 2 is 1.22 bits per heavy atom. The van der Waals surface area contributed by atoms with Crippen molar-refractivity contribution in [3.05, 3.63) is 11.9 Å². The van der Waals surface area contributed by atoms with E-state index in [-0.39, 0.29) is 38.5 Å². The fourth-order valence-electron chi connectivity index (χ4n) is 4.67. The van der Waals surface area contributed by atoms with Gasteiger partial charge in [0, 0.05) is 34.1 Å². The zero-order valence-corrected chi connectivity index (χ0v) is 28.9. The van der Waals surface area contributed by atoms with Crippen molar-refractivity contribution in [1.29, 1.82) is 0 Å². The van der Waals surface area contributed by atoms with Crippen LogP contribution in [0.5, 0.6) is 0 Å². The molecule has 1 aliphatic heterocycles. The first kappa shape index (κ1) is 39.5. The number of carbonyl (C=O) groups is 4. The Bertz CT molecular complexity index is 1240. The smallest absolute Gasteiger partial charge is 0.346 e. The molecule has 0 N–H and O–H groups in total. The molecule has 0 aromatic carbocycles. The lowest BCUT2D eigenvalue weighted by Crippen LogP contribution is -2.60. The maximum Gasteiger partial charge on any atom is 0.346 e. The maximum atomic E-state index is 14.0. The van der Waals surface area contributed by atoms with Crippen LogP contribution in [0.2, 0.25) is 0 Å². The minimum Gasteiger partial charge on any atom is -0.463 e. The number of rotatable bonds is 18. The zero-order chi connectivity index (χ0) is 34.7. The topological polar surface area (TPSA) is 216 Å². The molecular formula is C26H43N3O15P2. The molecule has 1 fully saturated rings. The highest BCUT2D eigenvalue weighted by Crippen LogP contribution is 2.71. The van der Waals surface area contributed by atoms with Crippen LogP contribution in [0.1, 0.15) is 67.3 Å². The van der Waals surface area contributed by atoms with E-state index in [1.807, 2.05) is 0 Å². The van der Waals surface area contributed by atoms with Crippen LogP contribution in [0.4, 0.5) is 0 Å². The molecule has 0 amide bonds. The summed E-state index contributed by atoms with van der Waals surface area (Å²) >= 11 is 0. The summed E-state index contributed by atoms with van der Waals surface area (Å²) in [6.07, 6.45) is -5.92. The number of esters is 4. The van der Waals surface area contributed by atoms with Gasteiger partial charge in [-0.1, -0.05) is 5.21 Å². The summed E-state index contributed by atoms with van der Waals surface area (Å²) in [7, 11) is -8.30. The van der Waals surface area contributed by atoms with Crippen LogP contribution in [0.15, 0.2) is 6.20 Å². The lowest BCUT2D eigenvalue weighted by molar-refractivity contribution is -0.270. The Balaban J connectivity index is 2.65. The third kappa shape index (κ3) is 10.7. The van der Waals surface area contributed by atoms with Gasteiger partial charge in [0.15, 0.2) is 29.9 Å². The molecule has 2 rings (SSSR count). The molecule has 0 saturated carbocycles. The molecule has 0 aliphatic carbocycles. The van der Waals surface area contributed by atoms with E-state index in [1.165, 1.54) is 6.20 Å². The van der Waals surface area contributed by atoms with Crippen molar-refractivity contribution in [3.63, 3.8) is 0 Å². The quantitative estimate of drug-likeness (QED) is 0.122. The van der Waals surface area contributed by atoms with E-state index in [1.54, 1.807) is 27.7 Å². The standard InChI is InChI=1S/C26H43N3O15P2/c1-9-37-45(34,38-10-2)22(46(35,39-11-3)40-12-4)13-20-14-29(28-27-20)26-25(43-19(8)33)24(42-18(7)32)23(41-17(6)31)21(44-26)15-36-16(5)30/h14,21-26H,9-13,15H2,1-8H3/t21-,23-,24+,25-,26-/m1/s1. The monoisotopic (exact) mass is 699 g/mol. The Kier molecular flexibility index (Phi) is 15.4. The highest BCUT2D eigenvalue weighted by atomic mass is 31.2. The number of nitrogens with zero attached hydrogens (tertiary/aromatic N) is 3. The Morgan fingerprint density at radius 3 is 1.65 bits per heavy atom. The lowest BCUT2D eigenvalue weighted by atomic mass is 9.97. The summed E-state index contributed by atoms with van der Waals surface area (Å²) in [5, 5.41) is 6.74. The van der Waals surface area contributed by atoms with Gasteiger partial charge in [0.2, 0.25) is 0 Å². The molecule has 0 bridgehead atoms. The largest absolute Gasteiger partial charge is 0.463 e. The molecule has 20 heteroatoms. The van der Waals surface area contributed by atoms with E-state index in [2.05, 4.69) is 10.3 Å². The Morgan fingerprint density at radius 1 is 0.761 bits per heavy atom. The highest BCUT2D eigenvalue weighted by Gasteiger charge is 2.54. The molecule has 2 heterocycles. The summed E-state index contributed by atoms with van der Waals surface area (Å²) in [4.78, 5) is 48.0. The summed E-state index contributed by atoms with van der Waals surface area (Å²) in [5.41, 5.74) is 0.0946. The van der Waals surface area contributed by atoms with Crippen LogP contribution >= 0.6 is 15.2 Å². The van der Waals surface area contributed by atoms with E-state index < -0.39 is 81.7 Å². The van der Waals surface area contributed by atoms with Crippen LogP contribution in [0.25, 0.3) is 0 Å². The summed E-state index contributed by atoms with van der Waals surface area (Å²) in [6, 6.07) is 0. The first-order chi connectivity index (χ1) is 21.6. The molecule has 262 valence electrons. The first-order valence-corrected chi connectivity index (χ1v) is 17.9. The van der Waals surface area contributed by atoms with Crippen molar-refractivity contribution in [3.8, 4) is 0 Å². The highest BCUT2D eigenvalue weighted by molar-refractivity contribution is 7.72. The maximum absolute atomic E-state index is 14.0. The molecular weight excluding hydrogens is 656 g/mol. The van der Waals surface area contributed by atoms with E-state index in [4.69, 9.17) is 41.8 Å². The molecule has 1 aromatic heterocycles. The first-order valence-electron chi connectivity index (χ1n) is 14.6. The second-order valence-electron chi connectivity index (χ2n) is 9.72. The fraction of sp³-hybridized carbons (Fsp3) is 0.769. The predicted octanol–water partition coefficient (Wildman–Crippen LogP) is 2.93. The van der Waals surface area contributed by atoms with Crippen molar-refractivity contribution >= 4 is 39.1 Å². The van der Waals surface area contributed by atoms with Crippen LogP contribution < -0.4 is 0 Å². The van der Waals surface area contributed by atoms with Gasteiger partial charge in [0.1, 0.15) is 12.7 Å². The SMILES string of the molecule is CCOP(=O)(OCC)C(Cc1cn([C@@H]2O[C@H](COC(C)=O)[C@@H](OC(C)=O)[C@H](OC(C)=O)[C@H]2OC(C)=O)nn1)P(=O)(OCC)OCC. The van der Waals surface area contributed by atoms with E-state index in [9.17, 15) is 28.3 Å². The number of carbonyl (C=O) groups excluding carboxylic acids is 4. The second-order valence-corrected chi connectivity index (χ2v) is 14.6. The molecule has 0 spiro atoms. The third-order valence-corrected chi connectivity index (χ3v) is 12.1. The van der Waals surface area contributed by atoms with Crippen LogP contribution in [-0.2, 0) is 76.5 Å². The number of hydrogen-bond acceptors (Lipinski definition) is 17. The van der Waals surface area contributed by atoms with E-state index in [0.717, 1.165) is 32.4 Å². The lowest BCUT2D eigenvalue weighted by Gasteiger charge is -2.44. The average Bonchev–Trinajstić information content (AvgIpc) is 3.41. The molecule has 0 unspecified atom stereocenters. The number of ether oxygens (including phenoxy) is 5. The molecule has 0 radical (unpaired) electrons. The number of hydrogen-bond donors (Lipinski definition) is 0.